The second kappa shape index (κ2) is 7.11. The third-order valence-corrected chi connectivity index (χ3v) is 4.51. The van der Waals surface area contributed by atoms with Crippen molar-refractivity contribution in [2.24, 2.45) is 0 Å². The molecule has 26 heavy (non-hydrogen) atoms. The Hall–Kier alpha value is -2.35. The number of hydrogen-bond acceptors (Lipinski definition) is 6. The lowest BCUT2D eigenvalue weighted by Gasteiger charge is -2.35. The molecule has 2 aliphatic rings. The molecule has 0 bridgehead atoms. The van der Waals surface area contributed by atoms with Crippen LogP contribution in [0.2, 0.25) is 0 Å². The molecule has 142 valence electrons. The Morgan fingerprint density at radius 2 is 1.92 bits per heavy atom. The van der Waals surface area contributed by atoms with Gasteiger partial charge in [-0.3, -0.25) is 10.1 Å². The van der Waals surface area contributed by atoms with Crippen LogP contribution in [-0.2, 0) is 22.4 Å². The number of benzene rings is 1. The molecule has 2 heterocycles. The highest BCUT2D eigenvalue weighted by Gasteiger charge is 2.30. The number of nitro benzene ring substituents is 1. The molecule has 2 aliphatic heterocycles. The van der Waals surface area contributed by atoms with Gasteiger partial charge in [-0.05, 0) is 38.3 Å². The van der Waals surface area contributed by atoms with Crippen molar-refractivity contribution in [1.29, 1.82) is 0 Å². The molecular weight excluding hydrogens is 338 g/mol. The molecule has 0 spiro atoms. The van der Waals surface area contributed by atoms with E-state index >= 15 is 0 Å². The summed E-state index contributed by atoms with van der Waals surface area (Å²) in [5, 5.41) is 11.4. The van der Waals surface area contributed by atoms with Gasteiger partial charge in [0.25, 0.3) is 5.69 Å². The van der Waals surface area contributed by atoms with E-state index in [1.165, 1.54) is 0 Å². The van der Waals surface area contributed by atoms with Crippen LogP contribution in [0.25, 0.3) is 0 Å². The molecule has 1 aromatic rings. The maximum Gasteiger partial charge on any atom is 0.410 e. The molecule has 1 saturated heterocycles. The smallest absolute Gasteiger partial charge is 0.410 e. The molecule has 0 radical (unpaired) electrons. The van der Waals surface area contributed by atoms with E-state index in [4.69, 9.17) is 9.47 Å². The number of nitrogens with zero attached hydrogens (tertiary/aromatic N) is 3. The van der Waals surface area contributed by atoms with Crippen LogP contribution in [0.5, 0.6) is 0 Å². The fourth-order valence-electron chi connectivity index (χ4n) is 3.33. The Balaban J connectivity index is 1.90. The van der Waals surface area contributed by atoms with E-state index in [1.54, 1.807) is 17.0 Å². The number of hydrogen-bond donors (Lipinski definition) is 0. The zero-order valence-electron chi connectivity index (χ0n) is 15.5. The summed E-state index contributed by atoms with van der Waals surface area (Å²) in [6.07, 6.45) is 0.266. The van der Waals surface area contributed by atoms with Crippen molar-refractivity contribution in [1.82, 2.24) is 4.90 Å². The highest BCUT2D eigenvalue weighted by molar-refractivity contribution is 5.70. The van der Waals surface area contributed by atoms with E-state index in [1.807, 2.05) is 20.8 Å². The maximum absolute atomic E-state index is 12.4. The number of amides is 1. The molecule has 1 aromatic carbocycles. The fourth-order valence-corrected chi connectivity index (χ4v) is 3.33. The van der Waals surface area contributed by atoms with Crippen LogP contribution in [0.4, 0.5) is 16.2 Å². The van der Waals surface area contributed by atoms with E-state index in [2.05, 4.69) is 4.90 Å². The SMILES string of the molecule is CC(C)(C)OC(=O)N1CCc2c(cc([N+](=O)[O-])cc2N2CCOCC2)C1. The van der Waals surface area contributed by atoms with Crippen LogP contribution in [0.15, 0.2) is 12.1 Å². The van der Waals surface area contributed by atoms with Crippen LogP contribution in [0.1, 0.15) is 31.9 Å². The van der Waals surface area contributed by atoms with Crippen molar-refractivity contribution in [3.8, 4) is 0 Å². The van der Waals surface area contributed by atoms with Crippen LogP contribution < -0.4 is 4.90 Å². The first-order valence-corrected chi connectivity index (χ1v) is 8.85. The van der Waals surface area contributed by atoms with Gasteiger partial charge in [0, 0.05) is 44.0 Å². The summed E-state index contributed by atoms with van der Waals surface area (Å²) >= 11 is 0. The molecule has 8 heteroatoms. The van der Waals surface area contributed by atoms with Crippen molar-refractivity contribution in [2.75, 3.05) is 37.7 Å². The summed E-state index contributed by atoms with van der Waals surface area (Å²) in [5.41, 5.74) is 2.27. The molecule has 0 aliphatic carbocycles. The Labute approximate surface area is 152 Å². The molecule has 0 unspecified atom stereocenters. The fraction of sp³-hybridized carbons (Fsp3) is 0.611. The summed E-state index contributed by atoms with van der Waals surface area (Å²) in [4.78, 5) is 27.1. The summed E-state index contributed by atoms with van der Waals surface area (Å²) in [5.74, 6) is 0. The zero-order chi connectivity index (χ0) is 18.9. The molecule has 3 rings (SSSR count). The number of morpholine rings is 1. The van der Waals surface area contributed by atoms with Gasteiger partial charge in [-0.1, -0.05) is 0 Å². The lowest BCUT2D eigenvalue weighted by atomic mass is 9.96. The van der Waals surface area contributed by atoms with Gasteiger partial charge in [0.05, 0.1) is 18.1 Å². The van der Waals surface area contributed by atoms with Gasteiger partial charge in [0.1, 0.15) is 5.60 Å². The Bertz CT molecular complexity index is 708. The largest absolute Gasteiger partial charge is 0.444 e. The van der Waals surface area contributed by atoms with Gasteiger partial charge in [0.2, 0.25) is 0 Å². The van der Waals surface area contributed by atoms with E-state index in [-0.39, 0.29) is 16.7 Å². The third kappa shape index (κ3) is 4.07. The number of nitro groups is 1. The normalized spacial score (nSPS) is 17.7. The standard InChI is InChI=1S/C18H25N3O5/c1-18(2,3)26-17(22)20-5-4-15-13(12-20)10-14(21(23)24)11-16(15)19-6-8-25-9-7-19/h10-11H,4-9,12H2,1-3H3. The van der Waals surface area contributed by atoms with E-state index in [0.29, 0.717) is 45.8 Å². The molecular formula is C18H25N3O5. The highest BCUT2D eigenvalue weighted by atomic mass is 16.6. The monoisotopic (exact) mass is 363 g/mol. The minimum atomic E-state index is -0.570. The van der Waals surface area contributed by atoms with Gasteiger partial charge in [-0.2, -0.15) is 0 Å². The first-order chi connectivity index (χ1) is 12.2. The third-order valence-electron chi connectivity index (χ3n) is 4.51. The van der Waals surface area contributed by atoms with Crippen molar-refractivity contribution in [3.63, 3.8) is 0 Å². The summed E-state index contributed by atoms with van der Waals surface area (Å²) in [6, 6.07) is 3.23. The number of ether oxygens (including phenoxy) is 2. The van der Waals surface area contributed by atoms with Crippen molar-refractivity contribution in [2.45, 2.75) is 39.3 Å². The topological polar surface area (TPSA) is 85.1 Å². The van der Waals surface area contributed by atoms with E-state index in [9.17, 15) is 14.9 Å². The number of non-ortho nitro benzene ring substituents is 1. The number of fused-ring (bicyclic) bond motifs is 1. The lowest BCUT2D eigenvalue weighted by Crippen LogP contribution is -2.41. The van der Waals surface area contributed by atoms with Gasteiger partial charge in [-0.15, -0.1) is 0 Å². The molecule has 0 saturated carbocycles. The first-order valence-electron chi connectivity index (χ1n) is 8.85. The maximum atomic E-state index is 12.4. The van der Waals surface area contributed by atoms with E-state index in [0.717, 1.165) is 16.8 Å². The van der Waals surface area contributed by atoms with Crippen molar-refractivity contribution < 1.29 is 19.2 Å². The van der Waals surface area contributed by atoms with E-state index < -0.39 is 5.60 Å². The zero-order valence-corrected chi connectivity index (χ0v) is 15.5. The van der Waals surface area contributed by atoms with Crippen molar-refractivity contribution in [3.05, 3.63) is 33.4 Å². The average Bonchev–Trinajstić information content (AvgIpc) is 2.59. The van der Waals surface area contributed by atoms with Crippen LogP contribution in [-0.4, -0.2) is 54.4 Å². The summed E-state index contributed by atoms with van der Waals surface area (Å²) in [6.45, 7) is 8.98. The predicted octanol–water partition coefficient (Wildman–Crippen LogP) is 2.72. The van der Waals surface area contributed by atoms with Crippen LogP contribution in [0.3, 0.4) is 0 Å². The summed E-state index contributed by atoms with van der Waals surface area (Å²) in [7, 11) is 0. The number of rotatable bonds is 2. The van der Waals surface area contributed by atoms with Gasteiger partial charge < -0.3 is 19.3 Å². The Kier molecular flexibility index (Phi) is 5.04. The van der Waals surface area contributed by atoms with Crippen LogP contribution >= 0.6 is 0 Å². The molecule has 0 N–H and O–H groups in total. The van der Waals surface area contributed by atoms with Crippen molar-refractivity contribution >= 4 is 17.5 Å². The minimum Gasteiger partial charge on any atom is -0.444 e. The number of carbonyl (C=O) groups excluding carboxylic acids is 1. The quantitative estimate of drug-likeness (QED) is 0.593. The number of anilines is 1. The molecule has 0 atom stereocenters. The first kappa shape index (κ1) is 18.4. The Morgan fingerprint density at radius 3 is 2.54 bits per heavy atom. The second-order valence-corrected chi connectivity index (χ2v) is 7.61. The highest BCUT2D eigenvalue weighted by Crippen LogP contribution is 2.34. The van der Waals surface area contributed by atoms with Crippen LogP contribution in [0, 0.1) is 10.1 Å². The van der Waals surface area contributed by atoms with Gasteiger partial charge >= 0.3 is 6.09 Å². The molecule has 0 aromatic heterocycles. The second-order valence-electron chi connectivity index (χ2n) is 7.61. The summed E-state index contributed by atoms with van der Waals surface area (Å²) < 4.78 is 10.8. The lowest BCUT2D eigenvalue weighted by molar-refractivity contribution is -0.384. The van der Waals surface area contributed by atoms with Gasteiger partial charge in [-0.25, -0.2) is 4.79 Å². The Morgan fingerprint density at radius 1 is 1.23 bits per heavy atom. The predicted molar refractivity (Wildman–Crippen MR) is 96.5 cm³/mol. The van der Waals surface area contributed by atoms with Gasteiger partial charge in [0.15, 0.2) is 0 Å². The molecule has 1 amide bonds. The number of carbonyl (C=O) groups is 1. The molecule has 1 fully saturated rings. The average molecular weight is 363 g/mol. The minimum absolute atomic E-state index is 0.0521. The molecule has 8 nitrogen and oxygen atoms in total.